The van der Waals surface area contributed by atoms with Gasteiger partial charge in [-0.1, -0.05) is 45.0 Å². The zero-order valence-electron chi connectivity index (χ0n) is 12.6. The number of nitrogens with two attached hydrogens (primary N) is 1. The van der Waals surface area contributed by atoms with Gasteiger partial charge in [0.25, 0.3) is 0 Å². The average molecular weight is 260 g/mol. The Morgan fingerprint density at radius 1 is 1.21 bits per heavy atom. The summed E-state index contributed by atoms with van der Waals surface area (Å²) in [6.45, 7) is 8.86. The molecule has 1 aromatic rings. The molecule has 0 aliphatic heterocycles. The smallest absolute Gasteiger partial charge is 0.0424 e. The molecule has 1 fully saturated rings. The highest BCUT2D eigenvalue weighted by Crippen LogP contribution is 2.28. The second-order valence-electron chi connectivity index (χ2n) is 6.26. The predicted molar refractivity (Wildman–Crippen MR) is 82.2 cm³/mol. The minimum absolute atomic E-state index is 0.147. The van der Waals surface area contributed by atoms with Crippen molar-refractivity contribution in [3.05, 3.63) is 35.4 Å². The number of likely N-dealkylation sites (N-methyl/N-ethyl adjacent to an activating group) is 1. The standard InChI is InChI=1S/C17H28N2/c1-4-19(16-9-10-16)12-17(18)15-7-5-14(6-8-15)11-13(2)3/h5-8,13,16-17H,4,9-12,18H2,1-3H3. The lowest BCUT2D eigenvalue weighted by Gasteiger charge is -2.24. The Hall–Kier alpha value is -0.860. The zero-order valence-corrected chi connectivity index (χ0v) is 12.6. The van der Waals surface area contributed by atoms with Crippen LogP contribution in [0.25, 0.3) is 0 Å². The maximum atomic E-state index is 6.35. The number of hydrogen-bond donors (Lipinski definition) is 1. The molecule has 1 saturated carbocycles. The van der Waals surface area contributed by atoms with Gasteiger partial charge in [0.2, 0.25) is 0 Å². The minimum atomic E-state index is 0.147. The van der Waals surface area contributed by atoms with Crippen molar-refractivity contribution in [3.8, 4) is 0 Å². The van der Waals surface area contributed by atoms with E-state index >= 15 is 0 Å². The largest absolute Gasteiger partial charge is 0.323 e. The van der Waals surface area contributed by atoms with Gasteiger partial charge in [-0.05, 0) is 42.9 Å². The second kappa shape index (κ2) is 6.53. The van der Waals surface area contributed by atoms with E-state index in [1.165, 1.54) is 24.0 Å². The summed E-state index contributed by atoms with van der Waals surface area (Å²) in [6.07, 6.45) is 3.86. The summed E-state index contributed by atoms with van der Waals surface area (Å²) in [7, 11) is 0. The van der Waals surface area contributed by atoms with E-state index < -0.39 is 0 Å². The van der Waals surface area contributed by atoms with Gasteiger partial charge in [0, 0.05) is 18.6 Å². The Bertz CT molecular complexity index is 379. The third-order valence-electron chi connectivity index (χ3n) is 3.95. The molecule has 2 N–H and O–H groups in total. The van der Waals surface area contributed by atoms with Crippen molar-refractivity contribution < 1.29 is 0 Å². The van der Waals surface area contributed by atoms with E-state index in [2.05, 4.69) is 49.9 Å². The summed E-state index contributed by atoms with van der Waals surface area (Å²) in [5.41, 5.74) is 9.03. The molecule has 0 spiro atoms. The second-order valence-corrected chi connectivity index (χ2v) is 6.26. The van der Waals surface area contributed by atoms with Crippen LogP contribution in [0.15, 0.2) is 24.3 Å². The fourth-order valence-electron chi connectivity index (χ4n) is 2.71. The van der Waals surface area contributed by atoms with Crippen LogP contribution in [0.5, 0.6) is 0 Å². The van der Waals surface area contributed by atoms with Crippen molar-refractivity contribution in [2.75, 3.05) is 13.1 Å². The van der Waals surface area contributed by atoms with Crippen LogP contribution in [0.4, 0.5) is 0 Å². The van der Waals surface area contributed by atoms with Crippen LogP contribution in [0, 0.1) is 5.92 Å². The van der Waals surface area contributed by atoms with E-state index in [0.717, 1.165) is 25.6 Å². The van der Waals surface area contributed by atoms with Gasteiger partial charge in [-0.25, -0.2) is 0 Å². The molecule has 2 nitrogen and oxygen atoms in total. The quantitative estimate of drug-likeness (QED) is 0.814. The molecular weight excluding hydrogens is 232 g/mol. The van der Waals surface area contributed by atoms with Gasteiger partial charge in [-0.15, -0.1) is 0 Å². The van der Waals surface area contributed by atoms with E-state index in [1.54, 1.807) is 0 Å². The van der Waals surface area contributed by atoms with Gasteiger partial charge in [0.15, 0.2) is 0 Å². The van der Waals surface area contributed by atoms with Crippen molar-refractivity contribution >= 4 is 0 Å². The summed E-state index contributed by atoms with van der Waals surface area (Å²) < 4.78 is 0. The Morgan fingerprint density at radius 2 is 1.84 bits per heavy atom. The van der Waals surface area contributed by atoms with Crippen molar-refractivity contribution in [2.45, 2.75) is 52.1 Å². The fourth-order valence-corrected chi connectivity index (χ4v) is 2.71. The van der Waals surface area contributed by atoms with E-state index in [0.29, 0.717) is 5.92 Å². The average Bonchev–Trinajstić information content (AvgIpc) is 3.20. The molecule has 2 heteroatoms. The molecule has 106 valence electrons. The highest BCUT2D eigenvalue weighted by atomic mass is 15.2. The molecule has 0 aromatic heterocycles. The normalized spacial score (nSPS) is 17.2. The molecule has 0 radical (unpaired) electrons. The van der Waals surface area contributed by atoms with Gasteiger partial charge in [-0.3, -0.25) is 4.90 Å². The summed E-state index contributed by atoms with van der Waals surface area (Å²) >= 11 is 0. The first-order chi connectivity index (χ1) is 9.10. The zero-order chi connectivity index (χ0) is 13.8. The van der Waals surface area contributed by atoms with Gasteiger partial charge < -0.3 is 5.73 Å². The van der Waals surface area contributed by atoms with Gasteiger partial charge in [0.1, 0.15) is 0 Å². The van der Waals surface area contributed by atoms with Gasteiger partial charge in [0.05, 0.1) is 0 Å². The fraction of sp³-hybridized carbons (Fsp3) is 0.647. The molecular formula is C17H28N2. The molecule has 19 heavy (non-hydrogen) atoms. The van der Waals surface area contributed by atoms with Crippen molar-refractivity contribution in [3.63, 3.8) is 0 Å². The molecule has 0 amide bonds. The first-order valence-corrected chi connectivity index (χ1v) is 7.68. The van der Waals surface area contributed by atoms with Crippen LogP contribution >= 0.6 is 0 Å². The Kier molecular flexibility index (Phi) is 5.00. The molecule has 0 heterocycles. The summed E-state index contributed by atoms with van der Waals surface area (Å²) in [6, 6.07) is 9.85. The van der Waals surface area contributed by atoms with E-state index in [9.17, 15) is 0 Å². The molecule has 1 unspecified atom stereocenters. The predicted octanol–water partition coefficient (Wildman–Crippen LogP) is 3.37. The van der Waals surface area contributed by atoms with E-state index in [4.69, 9.17) is 5.73 Å². The molecule has 0 saturated heterocycles. The number of rotatable bonds is 7. The SMILES string of the molecule is CCN(CC(N)c1ccc(CC(C)C)cc1)C1CC1. The molecule has 1 aliphatic rings. The highest BCUT2D eigenvalue weighted by Gasteiger charge is 2.28. The maximum Gasteiger partial charge on any atom is 0.0424 e. The number of benzene rings is 1. The third-order valence-corrected chi connectivity index (χ3v) is 3.95. The lowest BCUT2D eigenvalue weighted by Crippen LogP contribution is -2.33. The monoisotopic (exact) mass is 260 g/mol. The molecule has 1 aliphatic carbocycles. The molecule has 0 bridgehead atoms. The lowest BCUT2D eigenvalue weighted by molar-refractivity contribution is 0.260. The van der Waals surface area contributed by atoms with Crippen molar-refractivity contribution in [1.82, 2.24) is 4.90 Å². The summed E-state index contributed by atoms with van der Waals surface area (Å²) in [5, 5.41) is 0. The molecule has 1 aromatic carbocycles. The summed E-state index contributed by atoms with van der Waals surface area (Å²) in [4.78, 5) is 2.52. The van der Waals surface area contributed by atoms with E-state index in [-0.39, 0.29) is 6.04 Å². The van der Waals surface area contributed by atoms with Crippen LogP contribution in [-0.2, 0) is 6.42 Å². The Labute approximate surface area is 118 Å². The molecule has 1 atom stereocenters. The van der Waals surface area contributed by atoms with Crippen LogP contribution in [0.1, 0.15) is 50.8 Å². The van der Waals surface area contributed by atoms with Crippen LogP contribution in [0.3, 0.4) is 0 Å². The van der Waals surface area contributed by atoms with E-state index in [1.807, 2.05) is 0 Å². The number of nitrogens with zero attached hydrogens (tertiary/aromatic N) is 1. The third kappa shape index (κ3) is 4.32. The maximum absolute atomic E-state index is 6.35. The number of hydrogen-bond acceptors (Lipinski definition) is 2. The van der Waals surface area contributed by atoms with Crippen LogP contribution in [0.2, 0.25) is 0 Å². The first-order valence-electron chi connectivity index (χ1n) is 7.68. The summed E-state index contributed by atoms with van der Waals surface area (Å²) in [5.74, 6) is 0.713. The highest BCUT2D eigenvalue weighted by molar-refractivity contribution is 5.25. The first kappa shape index (κ1) is 14.5. The Morgan fingerprint density at radius 3 is 2.32 bits per heavy atom. The Balaban J connectivity index is 1.92. The van der Waals surface area contributed by atoms with Gasteiger partial charge >= 0.3 is 0 Å². The topological polar surface area (TPSA) is 29.3 Å². The molecule has 2 rings (SSSR count). The van der Waals surface area contributed by atoms with Crippen LogP contribution < -0.4 is 5.73 Å². The van der Waals surface area contributed by atoms with Gasteiger partial charge in [-0.2, -0.15) is 0 Å². The lowest BCUT2D eigenvalue weighted by atomic mass is 9.99. The van der Waals surface area contributed by atoms with Crippen LogP contribution in [-0.4, -0.2) is 24.0 Å². The van der Waals surface area contributed by atoms with Crippen molar-refractivity contribution in [2.24, 2.45) is 11.7 Å². The van der Waals surface area contributed by atoms with Crippen molar-refractivity contribution in [1.29, 1.82) is 0 Å². The minimum Gasteiger partial charge on any atom is -0.323 e.